The lowest BCUT2D eigenvalue weighted by atomic mass is 10.2. The van der Waals surface area contributed by atoms with Crippen LogP contribution in [0.2, 0.25) is 5.02 Å². The van der Waals surface area contributed by atoms with Gasteiger partial charge in [-0.3, -0.25) is 9.97 Å². The van der Waals surface area contributed by atoms with Crippen LogP contribution in [-0.2, 0) is 17.4 Å². The van der Waals surface area contributed by atoms with E-state index >= 15 is 0 Å². The zero-order chi connectivity index (χ0) is 18.8. The minimum atomic E-state index is -1.07. The molecule has 0 aliphatic heterocycles. The predicted octanol–water partition coefficient (Wildman–Crippen LogP) is 4.17. The molecular formula is C19H20ClN5OS. The van der Waals surface area contributed by atoms with Crippen LogP contribution in [0.4, 0.5) is 5.69 Å². The molecule has 0 spiro atoms. The first-order valence-electron chi connectivity index (χ1n) is 8.97. The topological polar surface area (TPSA) is 72.7 Å². The highest BCUT2D eigenvalue weighted by Gasteiger charge is 2.28. The van der Waals surface area contributed by atoms with E-state index in [1.165, 1.54) is 0 Å². The second kappa shape index (κ2) is 7.78. The Morgan fingerprint density at radius 3 is 2.89 bits per heavy atom. The Kier molecular flexibility index (Phi) is 5.22. The van der Waals surface area contributed by atoms with Crippen molar-refractivity contribution < 1.29 is 4.21 Å². The Labute approximate surface area is 165 Å². The van der Waals surface area contributed by atoms with Crippen LogP contribution in [0.15, 0.2) is 43.0 Å². The van der Waals surface area contributed by atoms with E-state index in [0.29, 0.717) is 16.4 Å². The summed E-state index contributed by atoms with van der Waals surface area (Å²) in [5, 5.41) is 5.18. The number of aryl methyl sites for hydroxylation is 1. The summed E-state index contributed by atoms with van der Waals surface area (Å²) in [6, 6.07) is 5.72. The normalized spacial score (nSPS) is 14.9. The van der Waals surface area contributed by atoms with Gasteiger partial charge in [0.15, 0.2) is 0 Å². The highest BCUT2D eigenvalue weighted by atomic mass is 35.5. The van der Waals surface area contributed by atoms with Gasteiger partial charge in [-0.25, -0.2) is 8.89 Å². The first-order valence-corrected chi connectivity index (χ1v) is 10.6. The van der Waals surface area contributed by atoms with Gasteiger partial charge >= 0.3 is 0 Å². The molecule has 0 aromatic carbocycles. The van der Waals surface area contributed by atoms with Crippen LogP contribution in [-0.4, -0.2) is 29.2 Å². The molecule has 1 atom stereocenters. The van der Waals surface area contributed by atoms with E-state index in [9.17, 15) is 4.21 Å². The smallest absolute Gasteiger partial charge is 0.120 e. The van der Waals surface area contributed by atoms with Crippen LogP contribution >= 0.6 is 11.6 Å². The molecule has 27 heavy (non-hydrogen) atoms. The van der Waals surface area contributed by atoms with E-state index in [1.54, 1.807) is 29.3 Å². The molecule has 0 radical (unpaired) electrons. The summed E-state index contributed by atoms with van der Waals surface area (Å²) in [5.74, 6) is 0. The van der Waals surface area contributed by atoms with E-state index in [0.717, 1.165) is 42.6 Å². The number of hydrogen-bond donors (Lipinski definition) is 1. The third kappa shape index (κ3) is 4.20. The van der Waals surface area contributed by atoms with Crippen molar-refractivity contribution in [2.24, 2.45) is 0 Å². The molecule has 6 nitrogen and oxygen atoms in total. The van der Waals surface area contributed by atoms with Gasteiger partial charge in [0.05, 0.1) is 39.7 Å². The molecule has 0 bridgehead atoms. The van der Waals surface area contributed by atoms with Crippen molar-refractivity contribution in [3.63, 3.8) is 0 Å². The minimum Gasteiger partial charge on any atom is -0.303 e. The third-order valence-corrected chi connectivity index (χ3v) is 6.12. The molecule has 1 aliphatic rings. The van der Waals surface area contributed by atoms with Crippen molar-refractivity contribution in [1.82, 2.24) is 19.7 Å². The second-order valence-electron chi connectivity index (χ2n) is 6.58. The van der Waals surface area contributed by atoms with Crippen molar-refractivity contribution in [1.29, 1.82) is 0 Å². The van der Waals surface area contributed by atoms with Crippen LogP contribution in [0, 0.1) is 0 Å². The Bertz CT molecular complexity index is 986. The van der Waals surface area contributed by atoms with Crippen LogP contribution < -0.4 is 4.72 Å². The lowest BCUT2D eigenvalue weighted by molar-refractivity contribution is 0.685. The number of rotatable bonds is 7. The summed E-state index contributed by atoms with van der Waals surface area (Å²) < 4.78 is 16.8. The summed E-state index contributed by atoms with van der Waals surface area (Å²) >= 11 is 6.42. The maximum atomic E-state index is 12.0. The molecule has 1 N–H and O–H groups in total. The largest absolute Gasteiger partial charge is 0.303 e. The maximum absolute atomic E-state index is 12.0. The van der Waals surface area contributed by atoms with E-state index in [1.807, 2.05) is 18.3 Å². The van der Waals surface area contributed by atoms with Crippen molar-refractivity contribution in [3.8, 4) is 16.9 Å². The first-order chi connectivity index (χ1) is 13.1. The summed E-state index contributed by atoms with van der Waals surface area (Å²) in [4.78, 5) is 8.82. The summed E-state index contributed by atoms with van der Waals surface area (Å²) in [5.41, 5.74) is 4.13. The monoisotopic (exact) mass is 401 g/mol. The van der Waals surface area contributed by atoms with Gasteiger partial charge in [0, 0.05) is 23.7 Å². The number of anilines is 1. The molecule has 0 amide bonds. The molecule has 140 valence electrons. The number of nitrogens with zero attached hydrogens (tertiary/aromatic N) is 4. The van der Waals surface area contributed by atoms with Crippen LogP contribution in [0.1, 0.15) is 31.9 Å². The van der Waals surface area contributed by atoms with E-state index in [2.05, 4.69) is 26.7 Å². The predicted molar refractivity (Wildman–Crippen MR) is 108 cm³/mol. The average molecular weight is 402 g/mol. The van der Waals surface area contributed by atoms with E-state index in [-0.39, 0.29) is 5.25 Å². The number of hydrogen-bond acceptors (Lipinski definition) is 4. The highest BCUT2D eigenvalue weighted by molar-refractivity contribution is 7.87. The molecule has 3 aromatic heterocycles. The van der Waals surface area contributed by atoms with Gasteiger partial charge in [-0.15, -0.1) is 0 Å². The molecule has 1 fully saturated rings. The Hall–Kier alpha value is -2.25. The summed E-state index contributed by atoms with van der Waals surface area (Å²) in [6.07, 6.45) is 11.1. The van der Waals surface area contributed by atoms with Gasteiger partial charge in [-0.05, 0) is 37.5 Å². The van der Waals surface area contributed by atoms with Crippen molar-refractivity contribution in [2.75, 3.05) is 4.72 Å². The first kappa shape index (κ1) is 18.1. The second-order valence-corrected chi connectivity index (χ2v) is 8.46. The zero-order valence-corrected chi connectivity index (χ0v) is 16.5. The van der Waals surface area contributed by atoms with Crippen molar-refractivity contribution in [3.05, 3.63) is 53.7 Å². The standard InChI is InChI=1S/C19H20ClN5OS/c1-2-3-14-8-16(6-7-21-14)25-12-13(10-23-25)19-18(20)9-15(11-22-19)24-27(26)17-4-5-17/h6-12,17,24H,2-5H2,1H3. The molecule has 3 heterocycles. The van der Waals surface area contributed by atoms with Gasteiger partial charge in [0.1, 0.15) is 11.0 Å². The van der Waals surface area contributed by atoms with E-state index < -0.39 is 11.0 Å². The summed E-state index contributed by atoms with van der Waals surface area (Å²) in [7, 11) is -1.07. The SMILES string of the molecule is CCCc1cc(-n2cc(-c3ncc(NS(=O)C4CC4)cc3Cl)cn2)ccn1. The molecule has 4 rings (SSSR count). The van der Waals surface area contributed by atoms with Gasteiger partial charge in [0.25, 0.3) is 0 Å². The fourth-order valence-corrected chi connectivity index (χ4v) is 4.13. The minimum absolute atomic E-state index is 0.250. The number of aromatic nitrogens is 4. The van der Waals surface area contributed by atoms with Crippen LogP contribution in [0.3, 0.4) is 0 Å². The van der Waals surface area contributed by atoms with Gasteiger partial charge < -0.3 is 4.72 Å². The lowest BCUT2D eigenvalue weighted by Crippen LogP contribution is -2.09. The summed E-state index contributed by atoms with van der Waals surface area (Å²) in [6.45, 7) is 2.13. The maximum Gasteiger partial charge on any atom is 0.120 e. The van der Waals surface area contributed by atoms with Crippen LogP contribution in [0.25, 0.3) is 16.9 Å². The zero-order valence-electron chi connectivity index (χ0n) is 14.9. The van der Waals surface area contributed by atoms with Crippen molar-refractivity contribution >= 4 is 28.3 Å². The Balaban J connectivity index is 1.55. The lowest BCUT2D eigenvalue weighted by Gasteiger charge is -2.07. The molecule has 8 heteroatoms. The Morgan fingerprint density at radius 2 is 2.15 bits per heavy atom. The quantitative estimate of drug-likeness (QED) is 0.644. The Morgan fingerprint density at radius 1 is 1.30 bits per heavy atom. The van der Waals surface area contributed by atoms with Gasteiger partial charge in [-0.1, -0.05) is 24.9 Å². The van der Waals surface area contributed by atoms with Gasteiger partial charge in [0.2, 0.25) is 0 Å². The van der Waals surface area contributed by atoms with E-state index in [4.69, 9.17) is 11.6 Å². The molecule has 3 aromatic rings. The fraction of sp³-hybridized carbons (Fsp3) is 0.316. The third-order valence-electron chi connectivity index (χ3n) is 4.31. The molecule has 1 saturated carbocycles. The molecule has 1 aliphatic carbocycles. The molecule has 0 saturated heterocycles. The highest BCUT2D eigenvalue weighted by Crippen LogP contribution is 2.30. The number of halogens is 1. The fourth-order valence-electron chi connectivity index (χ4n) is 2.77. The van der Waals surface area contributed by atoms with Gasteiger partial charge in [-0.2, -0.15) is 5.10 Å². The number of pyridine rings is 2. The van der Waals surface area contributed by atoms with Crippen LogP contribution in [0.5, 0.6) is 0 Å². The average Bonchev–Trinajstić information content (AvgIpc) is 3.40. The van der Waals surface area contributed by atoms with Crippen molar-refractivity contribution in [2.45, 2.75) is 37.9 Å². The number of nitrogens with one attached hydrogen (secondary N) is 1. The molecule has 1 unspecified atom stereocenters. The molecular weight excluding hydrogens is 382 g/mol.